The highest BCUT2D eigenvalue weighted by molar-refractivity contribution is 6.06. The van der Waals surface area contributed by atoms with E-state index in [0.29, 0.717) is 17.3 Å². The lowest BCUT2D eigenvalue weighted by molar-refractivity contribution is 0.526. The van der Waals surface area contributed by atoms with Gasteiger partial charge >= 0.3 is 0 Å². The van der Waals surface area contributed by atoms with Crippen LogP contribution in [0.3, 0.4) is 0 Å². The maximum Gasteiger partial charge on any atom is 0.237 e. The second kappa shape index (κ2) is 7.44. The molecule has 0 amide bonds. The zero-order chi connectivity index (χ0) is 20.8. The van der Waals surface area contributed by atoms with Gasteiger partial charge in [-0.1, -0.05) is 12.8 Å². The zero-order valence-electron chi connectivity index (χ0n) is 17.3. The summed E-state index contributed by atoms with van der Waals surface area (Å²) in [6.45, 7) is 2.18. The van der Waals surface area contributed by atoms with Crippen LogP contribution in [0.25, 0.3) is 21.9 Å². The molecule has 1 N–H and O–H groups in total. The Bertz CT molecular complexity index is 1240. The average Bonchev–Trinajstić information content (AvgIpc) is 3.55. The minimum atomic E-state index is -0.448. The lowest BCUT2D eigenvalue weighted by atomic mass is 10.2. The van der Waals surface area contributed by atoms with Crippen molar-refractivity contribution in [3.05, 3.63) is 42.7 Å². The van der Waals surface area contributed by atoms with E-state index in [4.69, 9.17) is 4.98 Å². The summed E-state index contributed by atoms with van der Waals surface area (Å²) in [5.74, 6) is 0.707. The lowest BCUT2D eigenvalue weighted by Crippen LogP contribution is -2.17. The molecule has 31 heavy (non-hydrogen) atoms. The van der Waals surface area contributed by atoms with Crippen LogP contribution in [0, 0.1) is 5.95 Å². The van der Waals surface area contributed by atoms with Crippen LogP contribution >= 0.6 is 0 Å². The molecule has 5 heterocycles. The molecule has 1 saturated heterocycles. The van der Waals surface area contributed by atoms with Crippen molar-refractivity contribution in [1.82, 2.24) is 24.5 Å². The van der Waals surface area contributed by atoms with Crippen molar-refractivity contribution in [3.8, 4) is 0 Å². The Labute approximate surface area is 179 Å². The van der Waals surface area contributed by atoms with Crippen LogP contribution in [0.5, 0.6) is 0 Å². The highest BCUT2D eigenvalue weighted by Crippen LogP contribution is 2.38. The van der Waals surface area contributed by atoms with Crippen LogP contribution < -0.4 is 10.2 Å². The van der Waals surface area contributed by atoms with E-state index < -0.39 is 5.95 Å². The third-order valence-corrected chi connectivity index (χ3v) is 6.56. The molecule has 0 bridgehead atoms. The van der Waals surface area contributed by atoms with Gasteiger partial charge in [0.05, 0.1) is 11.9 Å². The summed E-state index contributed by atoms with van der Waals surface area (Å²) in [6, 6.07) is 6.12. The number of fused-ring (bicyclic) bond motifs is 3. The summed E-state index contributed by atoms with van der Waals surface area (Å²) in [5.41, 5.74) is 2.42. The van der Waals surface area contributed by atoms with E-state index in [1.807, 2.05) is 22.9 Å². The van der Waals surface area contributed by atoms with E-state index in [1.165, 1.54) is 19.0 Å². The summed E-state index contributed by atoms with van der Waals surface area (Å²) in [4.78, 5) is 20.1. The summed E-state index contributed by atoms with van der Waals surface area (Å²) in [6.07, 6.45) is 12.0. The normalized spacial score (nSPS) is 17.3. The Morgan fingerprint density at radius 1 is 0.903 bits per heavy atom. The van der Waals surface area contributed by atoms with Crippen molar-refractivity contribution in [2.75, 3.05) is 23.3 Å². The minimum Gasteiger partial charge on any atom is -0.370 e. The maximum atomic E-state index is 14.7. The summed E-state index contributed by atoms with van der Waals surface area (Å²) in [5, 5.41) is 4.88. The third kappa shape index (κ3) is 3.17. The molecule has 2 fully saturated rings. The fourth-order valence-corrected chi connectivity index (χ4v) is 5.04. The Morgan fingerprint density at radius 2 is 1.74 bits per heavy atom. The number of hydrogen-bond donors (Lipinski definition) is 1. The number of nitrogens with zero attached hydrogens (tertiary/aromatic N) is 6. The fraction of sp³-hybridized carbons (Fsp3) is 0.391. The van der Waals surface area contributed by atoms with Crippen molar-refractivity contribution in [2.45, 2.75) is 44.6 Å². The number of rotatable bonds is 4. The first-order chi connectivity index (χ1) is 15.3. The van der Waals surface area contributed by atoms with E-state index in [-0.39, 0.29) is 6.04 Å². The molecular formula is C23H24FN7. The van der Waals surface area contributed by atoms with Crippen LogP contribution in [0.4, 0.5) is 21.8 Å². The van der Waals surface area contributed by atoms with Crippen molar-refractivity contribution in [1.29, 1.82) is 0 Å². The molecule has 158 valence electrons. The molecule has 7 nitrogen and oxygen atoms in total. The zero-order valence-corrected chi connectivity index (χ0v) is 17.3. The summed E-state index contributed by atoms with van der Waals surface area (Å²) in [7, 11) is 0. The van der Waals surface area contributed by atoms with E-state index in [9.17, 15) is 4.39 Å². The van der Waals surface area contributed by atoms with Crippen molar-refractivity contribution < 1.29 is 4.39 Å². The molecular weight excluding hydrogens is 393 g/mol. The van der Waals surface area contributed by atoms with Gasteiger partial charge in [-0.2, -0.15) is 9.37 Å². The van der Waals surface area contributed by atoms with Crippen LogP contribution in [0.2, 0.25) is 0 Å². The summed E-state index contributed by atoms with van der Waals surface area (Å²) < 4.78 is 16.8. The SMILES string of the molecule is Fc1nccc2c3cnc(Nc4ccc(N5CCCC5)cn4)nc3n(C3CCCC3)c12. The van der Waals surface area contributed by atoms with Gasteiger partial charge in [-0.3, -0.25) is 0 Å². The standard InChI is InChI=1S/C23H24FN7/c24-21-20-17(9-10-25-21)18-14-27-23(29-22(18)31(20)15-5-1-2-6-15)28-19-8-7-16(13-26-19)30-11-3-4-12-30/h7-10,13-15H,1-6,11-12H2,(H,26,27,28,29). The lowest BCUT2D eigenvalue weighted by Gasteiger charge is -2.17. The van der Waals surface area contributed by atoms with Crippen molar-refractivity contribution >= 4 is 39.4 Å². The van der Waals surface area contributed by atoms with Crippen LogP contribution in [-0.2, 0) is 0 Å². The first kappa shape index (κ1) is 18.5. The van der Waals surface area contributed by atoms with Gasteiger partial charge in [0.2, 0.25) is 11.9 Å². The predicted octanol–water partition coefficient (Wildman–Crippen LogP) is 4.97. The maximum absolute atomic E-state index is 14.7. The molecule has 4 aromatic heterocycles. The second-order valence-corrected chi connectivity index (χ2v) is 8.46. The Morgan fingerprint density at radius 3 is 2.52 bits per heavy atom. The van der Waals surface area contributed by atoms with E-state index >= 15 is 0 Å². The molecule has 1 saturated carbocycles. The third-order valence-electron chi connectivity index (χ3n) is 6.56. The van der Waals surface area contributed by atoms with E-state index in [0.717, 1.165) is 60.9 Å². The molecule has 0 unspecified atom stereocenters. The van der Waals surface area contributed by atoms with Crippen molar-refractivity contribution in [2.24, 2.45) is 0 Å². The van der Waals surface area contributed by atoms with Crippen LogP contribution in [0.15, 0.2) is 36.8 Å². The van der Waals surface area contributed by atoms with Crippen LogP contribution in [0.1, 0.15) is 44.6 Å². The number of nitrogens with one attached hydrogen (secondary N) is 1. The fourth-order valence-electron chi connectivity index (χ4n) is 5.04. The number of pyridine rings is 2. The number of halogens is 1. The Hall–Kier alpha value is -3.29. The van der Waals surface area contributed by atoms with Gasteiger partial charge in [-0.15, -0.1) is 0 Å². The number of aromatic nitrogens is 5. The predicted molar refractivity (Wildman–Crippen MR) is 119 cm³/mol. The molecule has 6 rings (SSSR count). The average molecular weight is 417 g/mol. The largest absolute Gasteiger partial charge is 0.370 e. The van der Waals surface area contributed by atoms with Crippen molar-refractivity contribution in [3.63, 3.8) is 0 Å². The van der Waals surface area contributed by atoms with E-state index in [1.54, 1.807) is 6.20 Å². The molecule has 2 aliphatic rings. The van der Waals surface area contributed by atoms with Gasteiger partial charge in [-0.25, -0.2) is 15.0 Å². The quantitative estimate of drug-likeness (QED) is 0.473. The van der Waals surface area contributed by atoms with Gasteiger partial charge in [0, 0.05) is 42.3 Å². The molecule has 8 heteroatoms. The minimum absolute atomic E-state index is 0.235. The Balaban J connectivity index is 1.39. The molecule has 0 atom stereocenters. The summed E-state index contributed by atoms with van der Waals surface area (Å²) >= 11 is 0. The van der Waals surface area contributed by atoms with Gasteiger partial charge in [-0.05, 0) is 43.9 Å². The highest BCUT2D eigenvalue weighted by Gasteiger charge is 2.25. The monoisotopic (exact) mass is 417 g/mol. The topological polar surface area (TPSA) is 71.8 Å². The highest BCUT2D eigenvalue weighted by atomic mass is 19.1. The molecule has 0 spiro atoms. The first-order valence-electron chi connectivity index (χ1n) is 11.1. The number of hydrogen-bond acceptors (Lipinski definition) is 6. The smallest absolute Gasteiger partial charge is 0.237 e. The molecule has 1 aliphatic heterocycles. The molecule has 0 radical (unpaired) electrons. The van der Waals surface area contributed by atoms with E-state index in [2.05, 4.69) is 31.2 Å². The van der Waals surface area contributed by atoms with Gasteiger partial charge in [0.25, 0.3) is 0 Å². The van der Waals surface area contributed by atoms with Gasteiger partial charge in [0.1, 0.15) is 17.0 Å². The molecule has 0 aromatic carbocycles. The van der Waals surface area contributed by atoms with Gasteiger partial charge < -0.3 is 14.8 Å². The number of anilines is 3. The molecule has 4 aromatic rings. The second-order valence-electron chi connectivity index (χ2n) is 8.46. The first-order valence-corrected chi connectivity index (χ1v) is 11.1. The van der Waals surface area contributed by atoms with Crippen LogP contribution in [-0.4, -0.2) is 37.6 Å². The van der Waals surface area contributed by atoms with Gasteiger partial charge in [0.15, 0.2) is 0 Å². The Kier molecular flexibility index (Phi) is 4.44. The molecule has 1 aliphatic carbocycles.